The first-order valence-electron chi connectivity index (χ1n) is 6.47. The molecule has 1 amide bonds. The van der Waals surface area contributed by atoms with Crippen LogP contribution >= 0.6 is 0 Å². The lowest BCUT2D eigenvalue weighted by molar-refractivity contribution is -0.389. The van der Waals surface area contributed by atoms with Crippen LogP contribution in [0.2, 0.25) is 0 Å². The van der Waals surface area contributed by atoms with Gasteiger partial charge in [-0.05, 0) is 18.8 Å². The van der Waals surface area contributed by atoms with E-state index in [4.69, 9.17) is 0 Å². The van der Waals surface area contributed by atoms with Crippen molar-refractivity contribution >= 4 is 11.7 Å². The number of carbonyl (C=O) groups excluding carboxylic acids is 1. The summed E-state index contributed by atoms with van der Waals surface area (Å²) in [4.78, 5) is 21.7. The van der Waals surface area contributed by atoms with E-state index in [1.807, 2.05) is 18.5 Å². The molecule has 0 aromatic carbocycles. The van der Waals surface area contributed by atoms with Crippen LogP contribution in [-0.4, -0.2) is 30.4 Å². The van der Waals surface area contributed by atoms with Crippen LogP contribution in [0, 0.1) is 17.0 Å². The monoisotopic (exact) mass is 292 g/mol. The Morgan fingerprint density at radius 3 is 2.86 bits per heavy atom. The summed E-state index contributed by atoms with van der Waals surface area (Å²) >= 11 is 0. The SMILES string of the molecule is CCn1ncc(CNC(=O)Cn2ccc([N+](=O)[O-])n2)c1C. The predicted molar refractivity (Wildman–Crippen MR) is 73.4 cm³/mol. The summed E-state index contributed by atoms with van der Waals surface area (Å²) in [6.07, 6.45) is 3.12. The van der Waals surface area contributed by atoms with Gasteiger partial charge in [0.2, 0.25) is 5.91 Å². The van der Waals surface area contributed by atoms with Crippen LogP contribution in [0.3, 0.4) is 0 Å². The molecule has 9 nitrogen and oxygen atoms in total. The molecule has 0 saturated carbocycles. The Morgan fingerprint density at radius 1 is 1.52 bits per heavy atom. The van der Waals surface area contributed by atoms with Gasteiger partial charge < -0.3 is 15.4 Å². The molecule has 0 radical (unpaired) electrons. The molecular weight excluding hydrogens is 276 g/mol. The average Bonchev–Trinajstić information content (AvgIpc) is 3.03. The van der Waals surface area contributed by atoms with Crippen molar-refractivity contribution in [2.75, 3.05) is 0 Å². The molecular formula is C12H16N6O3. The highest BCUT2D eigenvalue weighted by atomic mass is 16.6. The Balaban J connectivity index is 1.89. The van der Waals surface area contributed by atoms with Crippen molar-refractivity contribution in [1.29, 1.82) is 0 Å². The first kappa shape index (κ1) is 14.7. The molecule has 0 aliphatic heterocycles. The fourth-order valence-corrected chi connectivity index (χ4v) is 1.91. The number of amides is 1. The fraction of sp³-hybridized carbons (Fsp3) is 0.417. The quantitative estimate of drug-likeness (QED) is 0.620. The second-order valence-electron chi connectivity index (χ2n) is 4.48. The number of hydrogen-bond acceptors (Lipinski definition) is 5. The van der Waals surface area contributed by atoms with Gasteiger partial charge in [-0.2, -0.15) is 9.78 Å². The molecule has 2 aromatic rings. The van der Waals surface area contributed by atoms with E-state index in [0.29, 0.717) is 6.54 Å². The summed E-state index contributed by atoms with van der Waals surface area (Å²) in [6, 6.07) is 1.25. The lowest BCUT2D eigenvalue weighted by Crippen LogP contribution is -2.27. The topological polar surface area (TPSA) is 108 Å². The van der Waals surface area contributed by atoms with Crippen molar-refractivity contribution in [3.05, 3.63) is 39.8 Å². The second kappa shape index (κ2) is 6.16. The summed E-state index contributed by atoms with van der Waals surface area (Å²) in [5, 5.41) is 21.1. The molecule has 0 aliphatic rings. The molecule has 0 aliphatic carbocycles. The molecule has 9 heteroatoms. The van der Waals surface area contributed by atoms with E-state index in [2.05, 4.69) is 15.5 Å². The highest BCUT2D eigenvalue weighted by molar-refractivity contribution is 5.75. The Kier molecular flexibility index (Phi) is 4.31. The molecule has 21 heavy (non-hydrogen) atoms. The third-order valence-corrected chi connectivity index (χ3v) is 3.10. The van der Waals surface area contributed by atoms with Gasteiger partial charge in [0, 0.05) is 24.3 Å². The Morgan fingerprint density at radius 2 is 2.29 bits per heavy atom. The lowest BCUT2D eigenvalue weighted by atomic mass is 10.2. The number of rotatable bonds is 6. The van der Waals surface area contributed by atoms with Gasteiger partial charge in [-0.25, -0.2) is 0 Å². The van der Waals surface area contributed by atoms with Crippen LogP contribution in [-0.2, 0) is 24.4 Å². The zero-order valence-corrected chi connectivity index (χ0v) is 11.8. The number of carbonyl (C=O) groups is 1. The molecule has 0 bridgehead atoms. The van der Waals surface area contributed by atoms with Gasteiger partial charge in [-0.1, -0.05) is 0 Å². The molecule has 2 rings (SSSR count). The fourth-order valence-electron chi connectivity index (χ4n) is 1.91. The van der Waals surface area contributed by atoms with Gasteiger partial charge in [0.25, 0.3) is 0 Å². The van der Waals surface area contributed by atoms with Gasteiger partial charge in [0.15, 0.2) is 0 Å². The van der Waals surface area contributed by atoms with Crippen molar-refractivity contribution in [1.82, 2.24) is 24.9 Å². The van der Waals surface area contributed by atoms with E-state index < -0.39 is 4.92 Å². The molecule has 0 unspecified atom stereocenters. The Labute approximate surface area is 120 Å². The molecule has 1 N–H and O–H groups in total. The van der Waals surface area contributed by atoms with Gasteiger partial charge in [-0.15, -0.1) is 0 Å². The van der Waals surface area contributed by atoms with E-state index >= 15 is 0 Å². The van der Waals surface area contributed by atoms with Crippen molar-refractivity contribution < 1.29 is 9.72 Å². The molecule has 0 fully saturated rings. The highest BCUT2D eigenvalue weighted by Crippen LogP contribution is 2.07. The van der Waals surface area contributed by atoms with Crippen LogP contribution in [0.5, 0.6) is 0 Å². The average molecular weight is 292 g/mol. The Hall–Kier alpha value is -2.71. The molecule has 0 atom stereocenters. The maximum atomic E-state index is 11.8. The Bertz CT molecular complexity index is 660. The molecule has 112 valence electrons. The molecule has 0 saturated heterocycles. The zero-order chi connectivity index (χ0) is 15.4. The van der Waals surface area contributed by atoms with Crippen molar-refractivity contribution in [3.63, 3.8) is 0 Å². The third kappa shape index (κ3) is 3.44. The summed E-state index contributed by atoms with van der Waals surface area (Å²) in [6.45, 7) is 5.02. The summed E-state index contributed by atoms with van der Waals surface area (Å²) in [7, 11) is 0. The van der Waals surface area contributed by atoms with E-state index in [1.54, 1.807) is 6.20 Å². The molecule has 0 spiro atoms. The maximum absolute atomic E-state index is 11.8. The van der Waals surface area contributed by atoms with Crippen LogP contribution in [0.4, 0.5) is 5.82 Å². The minimum Gasteiger partial charge on any atom is -0.358 e. The largest absolute Gasteiger partial charge is 0.389 e. The minimum atomic E-state index is -0.600. The number of nitrogens with zero attached hydrogens (tertiary/aromatic N) is 5. The van der Waals surface area contributed by atoms with Crippen molar-refractivity contribution in [3.8, 4) is 0 Å². The van der Waals surface area contributed by atoms with Gasteiger partial charge in [-0.3, -0.25) is 9.48 Å². The predicted octanol–water partition coefficient (Wildman–Crippen LogP) is 0.633. The number of nitrogens with one attached hydrogen (secondary N) is 1. The van der Waals surface area contributed by atoms with E-state index in [1.165, 1.54) is 16.9 Å². The molecule has 2 heterocycles. The van der Waals surface area contributed by atoms with E-state index in [9.17, 15) is 14.9 Å². The third-order valence-electron chi connectivity index (χ3n) is 3.10. The first-order valence-corrected chi connectivity index (χ1v) is 6.47. The summed E-state index contributed by atoms with van der Waals surface area (Å²) in [5.41, 5.74) is 1.95. The standard InChI is InChI=1S/C12H16N6O3/c1-3-17-9(2)10(7-14-17)6-13-12(19)8-16-5-4-11(15-16)18(20)21/h4-5,7H,3,6,8H2,1-2H3,(H,13,19). The van der Waals surface area contributed by atoms with Crippen LogP contribution in [0.1, 0.15) is 18.2 Å². The van der Waals surface area contributed by atoms with E-state index in [0.717, 1.165) is 17.8 Å². The normalized spacial score (nSPS) is 10.6. The van der Waals surface area contributed by atoms with Crippen molar-refractivity contribution in [2.45, 2.75) is 33.5 Å². The number of aromatic nitrogens is 4. The van der Waals surface area contributed by atoms with Gasteiger partial charge in [0.1, 0.15) is 6.54 Å². The van der Waals surface area contributed by atoms with E-state index in [-0.39, 0.29) is 18.3 Å². The van der Waals surface area contributed by atoms with Crippen LogP contribution < -0.4 is 5.32 Å². The summed E-state index contributed by atoms with van der Waals surface area (Å²) in [5.74, 6) is -0.542. The lowest BCUT2D eigenvalue weighted by Gasteiger charge is -2.04. The van der Waals surface area contributed by atoms with Gasteiger partial charge in [0.05, 0.1) is 23.6 Å². The van der Waals surface area contributed by atoms with Crippen molar-refractivity contribution in [2.24, 2.45) is 0 Å². The number of nitro groups is 1. The smallest absolute Gasteiger partial charge is 0.358 e. The second-order valence-corrected chi connectivity index (χ2v) is 4.48. The zero-order valence-electron chi connectivity index (χ0n) is 11.8. The maximum Gasteiger partial charge on any atom is 0.389 e. The summed E-state index contributed by atoms with van der Waals surface area (Å²) < 4.78 is 3.08. The molecule has 2 aromatic heterocycles. The van der Waals surface area contributed by atoms with Crippen LogP contribution in [0.25, 0.3) is 0 Å². The van der Waals surface area contributed by atoms with Gasteiger partial charge >= 0.3 is 5.82 Å². The minimum absolute atomic E-state index is 0.0607. The first-order chi connectivity index (χ1) is 10.0. The van der Waals surface area contributed by atoms with Crippen LogP contribution in [0.15, 0.2) is 18.5 Å². The number of hydrogen-bond donors (Lipinski definition) is 1. The highest BCUT2D eigenvalue weighted by Gasteiger charge is 2.13. The number of aryl methyl sites for hydroxylation is 1.